The number of ether oxygens (including phenoxy) is 6. The second-order valence-corrected chi connectivity index (χ2v) is 12.9. The Morgan fingerprint density at radius 1 is 0.692 bits per heavy atom. The van der Waals surface area contributed by atoms with Gasteiger partial charge in [0, 0.05) is 17.7 Å². The molecule has 19 heteroatoms. The van der Waals surface area contributed by atoms with Crippen molar-refractivity contribution in [3.63, 3.8) is 0 Å². The van der Waals surface area contributed by atoms with Crippen molar-refractivity contribution in [3.8, 4) is 34.3 Å². The third-order valence-electron chi connectivity index (χ3n) is 9.27. The minimum Gasteiger partial charge on any atom is -0.508 e. The summed E-state index contributed by atoms with van der Waals surface area (Å²) in [7, 11) is 0. The Hall–Kier alpha value is -3.67. The van der Waals surface area contributed by atoms with E-state index in [9.17, 15) is 61.0 Å². The van der Waals surface area contributed by atoms with Crippen molar-refractivity contribution in [2.75, 3.05) is 6.61 Å². The molecule has 3 aromatic rings. The van der Waals surface area contributed by atoms with Crippen LogP contribution in [0.5, 0.6) is 23.0 Å². The minimum absolute atomic E-state index is 0.140. The standard InChI is InChI=1S/C33H40O19/c1-10-19(37)23(41)26(44)32(46-10)48-14-7-15(36)18-16(8-14)49-27(12-3-5-13(35)6-4-12)28(22(18)40)52-33-30(24(42)20(38)11(2)47-33)51-29-25(43)21(39)17(9-34)50-31(29)45/h3-8,10-11,17,19-21,23-26,29-39,41-45H,9H2,1-2H3. The Morgan fingerprint density at radius 2 is 1.31 bits per heavy atom. The summed E-state index contributed by atoms with van der Waals surface area (Å²) in [6.07, 6.45) is -24.2. The van der Waals surface area contributed by atoms with Gasteiger partial charge in [-0.05, 0) is 38.1 Å². The van der Waals surface area contributed by atoms with E-state index in [1.807, 2.05) is 0 Å². The summed E-state index contributed by atoms with van der Waals surface area (Å²) in [5, 5.41) is 114. The summed E-state index contributed by atoms with van der Waals surface area (Å²) in [5.74, 6) is -1.99. The molecule has 1 aromatic heterocycles. The monoisotopic (exact) mass is 740 g/mol. The highest BCUT2D eigenvalue weighted by Gasteiger charge is 2.51. The normalized spacial score (nSPS) is 38.2. The van der Waals surface area contributed by atoms with Crippen LogP contribution in [0, 0.1) is 0 Å². The molecule has 19 nitrogen and oxygen atoms in total. The lowest BCUT2D eigenvalue weighted by Gasteiger charge is -2.45. The number of rotatable bonds is 8. The SMILES string of the molecule is CC1OC(Oc2cc(O)c3c(=O)c(OC4OC(C)C(O)C(O)C4OC4C(O)OC(CO)C(O)C4O)c(-c4ccc(O)cc4)oc3c2)C(O)C(O)C1O. The maximum absolute atomic E-state index is 14.2. The first-order valence-electron chi connectivity index (χ1n) is 16.2. The Balaban J connectivity index is 1.40. The molecule has 52 heavy (non-hydrogen) atoms. The molecule has 0 aliphatic carbocycles. The molecule has 4 heterocycles. The Kier molecular flexibility index (Phi) is 11.0. The van der Waals surface area contributed by atoms with Gasteiger partial charge in [0.05, 0.1) is 18.8 Å². The fraction of sp³-hybridized carbons (Fsp3) is 0.545. The van der Waals surface area contributed by atoms with E-state index in [-0.39, 0.29) is 28.4 Å². The summed E-state index contributed by atoms with van der Waals surface area (Å²) in [5.41, 5.74) is -1.15. The van der Waals surface area contributed by atoms with Crippen LogP contribution in [0.15, 0.2) is 45.6 Å². The van der Waals surface area contributed by atoms with Crippen LogP contribution >= 0.6 is 0 Å². The van der Waals surface area contributed by atoms with E-state index in [0.29, 0.717) is 0 Å². The van der Waals surface area contributed by atoms with Crippen LogP contribution in [0.2, 0.25) is 0 Å². The van der Waals surface area contributed by atoms with E-state index in [1.54, 1.807) is 0 Å². The van der Waals surface area contributed by atoms with Gasteiger partial charge in [0.2, 0.25) is 23.8 Å². The van der Waals surface area contributed by atoms with Crippen molar-refractivity contribution in [1.82, 2.24) is 0 Å². The third-order valence-corrected chi connectivity index (χ3v) is 9.27. The molecule has 11 N–H and O–H groups in total. The molecule has 0 bridgehead atoms. The molecule has 0 radical (unpaired) electrons. The number of fused-ring (bicyclic) bond motifs is 1. The van der Waals surface area contributed by atoms with Crippen molar-refractivity contribution in [1.29, 1.82) is 0 Å². The number of benzene rings is 2. The average molecular weight is 741 g/mol. The van der Waals surface area contributed by atoms with Crippen LogP contribution in [-0.4, -0.2) is 155 Å². The molecule has 3 fully saturated rings. The lowest BCUT2D eigenvalue weighted by Crippen LogP contribution is -2.65. The Bertz CT molecular complexity index is 1770. The summed E-state index contributed by atoms with van der Waals surface area (Å²) >= 11 is 0. The first-order valence-corrected chi connectivity index (χ1v) is 16.2. The molecule has 15 atom stereocenters. The number of phenolic OH excluding ortho intramolecular Hbond substituents is 2. The number of hydrogen-bond donors (Lipinski definition) is 11. The van der Waals surface area contributed by atoms with Gasteiger partial charge < -0.3 is 89.0 Å². The highest BCUT2D eigenvalue weighted by molar-refractivity contribution is 5.88. The maximum atomic E-state index is 14.2. The molecule has 6 rings (SSSR count). The van der Waals surface area contributed by atoms with Crippen molar-refractivity contribution in [2.24, 2.45) is 0 Å². The van der Waals surface area contributed by atoms with Gasteiger partial charge >= 0.3 is 0 Å². The fourth-order valence-corrected chi connectivity index (χ4v) is 6.24. The summed E-state index contributed by atoms with van der Waals surface area (Å²) in [6.45, 7) is 2.04. The average Bonchev–Trinajstić information content (AvgIpc) is 3.11. The summed E-state index contributed by atoms with van der Waals surface area (Å²) in [6, 6.07) is 7.41. The number of aliphatic hydroxyl groups excluding tert-OH is 9. The molecule has 15 unspecified atom stereocenters. The molecule has 0 amide bonds. The van der Waals surface area contributed by atoms with E-state index >= 15 is 0 Å². The van der Waals surface area contributed by atoms with Crippen LogP contribution in [-0.2, 0) is 18.9 Å². The Labute approximate surface area is 293 Å². The summed E-state index contributed by atoms with van der Waals surface area (Å²) < 4.78 is 39.8. The van der Waals surface area contributed by atoms with Gasteiger partial charge in [0.25, 0.3) is 0 Å². The summed E-state index contributed by atoms with van der Waals surface area (Å²) in [4.78, 5) is 14.2. The predicted octanol–water partition coefficient (Wildman–Crippen LogP) is -2.89. The van der Waals surface area contributed by atoms with E-state index in [2.05, 4.69) is 0 Å². The third kappa shape index (κ3) is 7.03. The largest absolute Gasteiger partial charge is 0.508 e. The van der Waals surface area contributed by atoms with E-state index in [0.717, 1.165) is 6.07 Å². The van der Waals surface area contributed by atoms with E-state index < -0.39 is 121 Å². The van der Waals surface area contributed by atoms with Crippen LogP contribution in [0.3, 0.4) is 0 Å². The van der Waals surface area contributed by atoms with Crippen molar-refractivity contribution < 1.29 is 89.0 Å². The first-order chi connectivity index (χ1) is 24.6. The van der Waals surface area contributed by atoms with Crippen molar-refractivity contribution >= 4 is 11.0 Å². The molecule has 286 valence electrons. The van der Waals surface area contributed by atoms with Crippen LogP contribution < -0.4 is 14.9 Å². The lowest BCUT2D eigenvalue weighted by atomic mass is 9.96. The molecule has 2 aromatic carbocycles. The quantitative estimate of drug-likeness (QED) is 0.110. The zero-order chi connectivity index (χ0) is 37.8. The minimum atomic E-state index is -1.96. The van der Waals surface area contributed by atoms with Crippen LogP contribution in [0.25, 0.3) is 22.3 Å². The van der Waals surface area contributed by atoms with Gasteiger partial charge in [-0.3, -0.25) is 4.79 Å². The highest BCUT2D eigenvalue weighted by Crippen LogP contribution is 2.39. The van der Waals surface area contributed by atoms with Gasteiger partial charge in [-0.1, -0.05) is 0 Å². The van der Waals surface area contributed by atoms with Gasteiger partial charge in [0.15, 0.2) is 12.1 Å². The molecular weight excluding hydrogens is 700 g/mol. The smallest absolute Gasteiger partial charge is 0.239 e. The van der Waals surface area contributed by atoms with Gasteiger partial charge in [-0.25, -0.2) is 0 Å². The number of phenols is 2. The zero-order valence-corrected chi connectivity index (χ0v) is 27.5. The zero-order valence-electron chi connectivity index (χ0n) is 27.5. The number of hydrogen-bond acceptors (Lipinski definition) is 19. The van der Waals surface area contributed by atoms with Gasteiger partial charge in [-0.15, -0.1) is 0 Å². The maximum Gasteiger partial charge on any atom is 0.239 e. The van der Waals surface area contributed by atoms with Gasteiger partial charge in [0.1, 0.15) is 89.3 Å². The van der Waals surface area contributed by atoms with Gasteiger partial charge in [-0.2, -0.15) is 0 Å². The van der Waals surface area contributed by atoms with Crippen LogP contribution in [0.4, 0.5) is 0 Å². The molecule has 0 saturated carbocycles. The molecule has 3 saturated heterocycles. The number of aliphatic hydroxyl groups is 9. The second kappa shape index (κ2) is 15.0. The van der Waals surface area contributed by atoms with Crippen molar-refractivity contribution in [2.45, 2.75) is 106 Å². The van der Waals surface area contributed by atoms with E-state index in [4.69, 9.17) is 32.8 Å². The molecule has 3 aliphatic heterocycles. The molecular formula is C33H40O19. The van der Waals surface area contributed by atoms with Crippen molar-refractivity contribution in [3.05, 3.63) is 46.6 Å². The predicted molar refractivity (Wildman–Crippen MR) is 170 cm³/mol. The molecule has 0 spiro atoms. The number of aromatic hydroxyl groups is 2. The van der Waals surface area contributed by atoms with E-state index in [1.165, 1.54) is 44.2 Å². The lowest BCUT2D eigenvalue weighted by molar-refractivity contribution is -0.342. The highest BCUT2D eigenvalue weighted by atomic mass is 16.7. The Morgan fingerprint density at radius 3 is 1.96 bits per heavy atom. The van der Waals surface area contributed by atoms with Crippen LogP contribution in [0.1, 0.15) is 13.8 Å². The molecule has 3 aliphatic rings. The fourth-order valence-electron chi connectivity index (χ4n) is 6.24. The topological polar surface area (TPSA) is 308 Å². The second-order valence-electron chi connectivity index (χ2n) is 12.9. The first kappa shape index (κ1) is 38.1.